The van der Waals surface area contributed by atoms with Crippen molar-refractivity contribution < 1.29 is 34.8 Å². The molecule has 38 heavy (non-hydrogen) atoms. The van der Waals surface area contributed by atoms with Crippen molar-refractivity contribution in [3.63, 3.8) is 0 Å². The van der Waals surface area contributed by atoms with Crippen molar-refractivity contribution in [2.45, 2.75) is 37.2 Å². The van der Waals surface area contributed by atoms with Crippen LogP contribution in [0.3, 0.4) is 0 Å². The Morgan fingerprint density at radius 1 is 1.11 bits per heavy atom. The molecule has 0 saturated carbocycles. The number of likely N-dealkylation sites (tertiary alicyclic amines) is 1. The van der Waals surface area contributed by atoms with Gasteiger partial charge in [-0.3, -0.25) is 15.0 Å². The van der Waals surface area contributed by atoms with Crippen LogP contribution in [0.2, 0.25) is 0 Å². The van der Waals surface area contributed by atoms with Gasteiger partial charge in [-0.05, 0) is 35.6 Å². The number of nitro groups is 1. The Morgan fingerprint density at radius 2 is 1.79 bits per heavy atom. The van der Waals surface area contributed by atoms with E-state index in [9.17, 15) is 30.5 Å². The molecule has 0 bridgehead atoms. The fourth-order valence-corrected chi connectivity index (χ4v) is 4.81. The van der Waals surface area contributed by atoms with Gasteiger partial charge in [-0.2, -0.15) is 0 Å². The first-order valence-corrected chi connectivity index (χ1v) is 12.2. The summed E-state index contributed by atoms with van der Waals surface area (Å²) in [7, 11) is 0. The predicted octanol–water partition coefficient (Wildman–Crippen LogP) is 1.26. The van der Waals surface area contributed by atoms with Gasteiger partial charge in [-0.15, -0.1) is 0 Å². The molecule has 0 aliphatic carbocycles. The van der Waals surface area contributed by atoms with Gasteiger partial charge in [0.1, 0.15) is 31.1 Å². The highest BCUT2D eigenvalue weighted by Gasteiger charge is 2.40. The number of azide groups is 1. The van der Waals surface area contributed by atoms with Crippen molar-refractivity contribution in [3.05, 3.63) is 62.0 Å². The van der Waals surface area contributed by atoms with Crippen LogP contribution in [0, 0.1) is 10.1 Å². The summed E-state index contributed by atoms with van der Waals surface area (Å²) in [6, 6.07) is 7.30. The average Bonchev–Trinajstić information content (AvgIpc) is 2.92. The van der Waals surface area contributed by atoms with E-state index < -0.39 is 29.3 Å². The first-order valence-electron chi connectivity index (χ1n) is 12.2. The zero-order chi connectivity index (χ0) is 27.2. The Labute approximate surface area is 217 Å². The van der Waals surface area contributed by atoms with E-state index in [1.165, 1.54) is 18.2 Å². The summed E-state index contributed by atoms with van der Waals surface area (Å²) in [6.45, 7) is 1.26. The fraction of sp³-hybridized carbons (Fsp3) is 0.500. The number of aliphatic hydroxyl groups excluding tert-OH is 4. The Hall–Kier alpha value is -3.65. The Kier molecular flexibility index (Phi) is 8.84. The minimum absolute atomic E-state index is 0.114. The lowest BCUT2D eigenvalue weighted by atomic mass is 9.93. The summed E-state index contributed by atoms with van der Waals surface area (Å²) < 4.78 is 11.8. The SMILES string of the molecule is [N-]=[N+]=Nc1ccc(NCCc2ccc(CCN3CC(O)C(O)C(O)C3CO)c3c2OCCO3)c([N+](=O)[O-])c1. The van der Waals surface area contributed by atoms with Crippen molar-refractivity contribution in [3.8, 4) is 11.5 Å². The van der Waals surface area contributed by atoms with Gasteiger partial charge in [0.05, 0.1) is 23.7 Å². The Balaban J connectivity index is 1.45. The van der Waals surface area contributed by atoms with E-state index >= 15 is 0 Å². The number of benzene rings is 2. The molecule has 14 nitrogen and oxygen atoms in total. The van der Waals surface area contributed by atoms with Crippen molar-refractivity contribution >= 4 is 17.1 Å². The highest BCUT2D eigenvalue weighted by molar-refractivity contribution is 5.66. The molecule has 1 fully saturated rings. The van der Waals surface area contributed by atoms with Gasteiger partial charge in [0.15, 0.2) is 11.5 Å². The van der Waals surface area contributed by atoms with Crippen LogP contribution in [0.1, 0.15) is 11.1 Å². The molecule has 5 N–H and O–H groups in total. The number of nitrogens with one attached hydrogen (secondary N) is 1. The highest BCUT2D eigenvalue weighted by atomic mass is 16.6. The van der Waals surface area contributed by atoms with Crippen molar-refractivity contribution in [2.24, 2.45) is 5.11 Å². The number of anilines is 1. The lowest BCUT2D eigenvalue weighted by molar-refractivity contribution is -0.383. The van der Waals surface area contributed by atoms with Gasteiger partial charge in [-0.1, -0.05) is 23.3 Å². The van der Waals surface area contributed by atoms with Crippen LogP contribution in [0.15, 0.2) is 35.4 Å². The fourth-order valence-electron chi connectivity index (χ4n) is 4.81. The second-order valence-corrected chi connectivity index (χ2v) is 9.11. The molecule has 14 heteroatoms. The smallest absolute Gasteiger partial charge is 0.292 e. The molecular formula is C24H30N6O8. The van der Waals surface area contributed by atoms with E-state index in [-0.39, 0.29) is 24.5 Å². The number of hydrogen-bond acceptors (Lipinski definition) is 11. The number of piperidine rings is 1. The van der Waals surface area contributed by atoms with Gasteiger partial charge in [-0.25, -0.2) is 0 Å². The molecule has 204 valence electrons. The van der Waals surface area contributed by atoms with E-state index in [1.807, 2.05) is 12.1 Å². The molecule has 2 aromatic carbocycles. The van der Waals surface area contributed by atoms with Gasteiger partial charge in [0, 0.05) is 36.3 Å². The maximum atomic E-state index is 11.4. The third-order valence-corrected chi connectivity index (χ3v) is 6.78. The second-order valence-electron chi connectivity index (χ2n) is 9.11. The van der Waals surface area contributed by atoms with E-state index in [0.717, 1.165) is 11.1 Å². The number of fused-ring (bicyclic) bond motifs is 1. The van der Waals surface area contributed by atoms with Gasteiger partial charge in [0.25, 0.3) is 5.69 Å². The summed E-state index contributed by atoms with van der Waals surface area (Å²) in [6.07, 6.45) is -2.73. The monoisotopic (exact) mass is 530 g/mol. The second kappa shape index (κ2) is 12.3. The van der Waals surface area contributed by atoms with Crippen molar-refractivity contribution in [2.75, 3.05) is 44.8 Å². The summed E-state index contributed by atoms with van der Waals surface area (Å²) in [5.74, 6) is 1.19. The molecule has 4 rings (SSSR count). The number of β-amino-alcohol motifs (C(OH)–C–C–N with tert-alkyl or cyclic N) is 1. The first kappa shape index (κ1) is 27.4. The molecule has 1 saturated heterocycles. The molecule has 0 spiro atoms. The number of ether oxygens (including phenoxy) is 2. The molecule has 2 aliphatic heterocycles. The minimum Gasteiger partial charge on any atom is -0.486 e. The lowest BCUT2D eigenvalue weighted by Crippen LogP contribution is -2.62. The minimum atomic E-state index is -1.31. The highest BCUT2D eigenvalue weighted by Crippen LogP contribution is 2.38. The van der Waals surface area contributed by atoms with Gasteiger partial charge >= 0.3 is 0 Å². The van der Waals surface area contributed by atoms with Crippen LogP contribution in [0.4, 0.5) is 17.1 Å². The quantitative estimate of drug-likeness (QED) is 0.0977. The third kappa shape index (κ3) is 5.91. The normalized spacial score (nSPS) is 22.9. The first-order chi connectivity index (χ1) is 18.3. The van der Waals surface area contributed by atoms with Gasteiger partial charge < -0.3 is 35.2 Å². The van der Waals surface area contributed by atoms with E-state index in [4.69, 9.17) is 15.0 Å². The molecule has 4 atom stereocenters. The number of nitro benzene ring substituents is 1. The molecule has 2 aliphatic rings. The Morgan fingerprint density at radius 3 is 2.42 bits per heavy atom. The largest absolute Gasteiger partial charge is 0.486 e. The summed E-state index contributed by atoms with van der Waals surface area (Å²) >= 11 is 0. The Bertz CT molecular complexity index is 1210. The number of nitrogens with zero attached hydrogens (tertiary/aromatic N) is 5. The molecule has 0 aromatic heterocycles. The standard InChI is InChI=1S/C24H30N6O8/c25-28-27-16-3-4-17(18(11-16)30(35)36)26-7-5-14-1-2-15(24-23(14)37-9-10-38-24)6-8-29-12-20(32)22(34)21(33)19(29)13-31/h1-4,11,19-22,26,31-34H,5-10,12-13H2. The molecular weight excluding hydrogens is 500 g/mol. The third-order valence-electron chi connectivity index (χ3n) is 6.78. The molecule has 0 amide bonds. The number of aliphatic hydroxyl groups is 4. The summed E-state index contributed by atoms with van der Waals surface area (Å²) in [5.41, 5.74) is 10.5. The molecule has 4 unspecified atom stereocenters. The van der Waals surface area contributed by atoms with Crippen LogP contribution in [0.25, 0.3) is 10.4 Å². The zero-order valence-corrected chi connectivity index (χ0v) is 20.5. The maximum absolute atomic E-state index is 11.4. The van der Waals surface area contributed by atoms with Crippen molar-refractivity contribution in [1.29, 1.82) is 0 Å². The summed E-state index contributed by atoms with van der Waals surface area (Å²) in [5, 5.41) is 57.8. The van der Waals surface area contributed by atoms with Crippen LogP contribution in [-0.4, -0.2) is 94.1 Å². The van der Waals surface area contributed by atoms with Crippen LogP contribution < -0.4 is 14.8 Å². The molecule has 0 radical (unpaired) electrons. The maximum Gasteiger partial charge on any atom is 0.292 e. The van der Waals surface area contributed by atoms with Gasteiger partial charge in [0.2, 0.25) is 0 Å². The molecule has 2 heterocycles. The van der Waals surface area contributed by atoms with E-state index in [0.29, 0.717) is 56.3 Å². The van der Waals surface area contributed by atoms with E-state index in [1.54, 1.807) is 4.90 Å². The molecule has 2 aromatic rings. The summed E-state index contributed by atoms with van der Waals surface area (Å²) in [4.78, 5) is 15.3. The van der Waals surface area contributed by atoms with Crippen LogP contribution in [-0.2, 0) is 12.8 Å². The van der Waals surface area contributed by atoms with Crippen molar-refractivity contribution in [1.82, 2.24) is 4.90 Å². The average molecular weight is 531 g/mol. The topological polar surface area (TPSA) is 207 Å². The zero-order valence-electron chi connectivity index (χ0n) is 20.5. The van der Waals surface area contributed by atoms with Crippen LogP contribution in [0.5, 0.6) is 11.5 Å². The van der Waals surface area contributed by atoms with E-state index in [2.05, 4.69) is 15.3 Å². The number of hydrogen-bond donors (Lipinski definition) is 5. The predicted molar refractivity (Wildman–Crippen MR) is 136 cm³/mol. The van der Waals surface area contributed by atoms with Crippen LogP contribution >= 0.6 is 0 Å². The number of rotatable bonds is 10. The lowest BCUT2D eigenvalue weighted by Gasteiger charge is -2.43.